The molecule has 2 aromatic rings. The van der Waals surface area contributed by atoms with E-state index in [-0.39, 0.29) is 22.2 Å². The Labute approximate surface area is 196 Å². The summed E-state index contributed by atoms with van der Waals surface area (Å²) in [5, 5.41) is 2.34. The van der Waals surface area contributed by atoms with Crippen LogP contribution in [0.1, 0.15) is 83.1 Å². The van der Waals surface area contributed by atoms with Gasteiger partial charge in [-0.1, -0.05) is 12.1 Å². The van der Waals surface area contributed by atoms with Gasteiger partial charge in [0.05, 0.1) is 25.6 Å². The Bertz CT molecular complexity index is 848. The quantitative estimate of drug-likeness (QED) is 0.485. The maximum absolute atomic E-state index is 6.00. The lowest BCUT2D eigenvalue weighted by Gasteiger charge is -2.51. The van der Waals surface area contributed by atoms with Crippen LogP contribution in [0, 0.1) is 0 Å². The molecular formula is C28H46N2O2. The van der Waals surface area contributed by atoms with E-state index in [0.29, 0.717) is 0 Å². The van der Waals surface area contributed by atoms with Crippen molar-refractivity contribution in [3.05, 3.63) is 24.3 Å². The van der Waals surface area contributed by atoms with Gasteiger partial charge in [-0.25, -0.2) is 0 Å². The Balaban J connectivity index is 3.24. The largest absolute Gasteiger partial charge is 0.495 e. The number of anilines is 2. The summed E-state index contributed by atoms with van der Waals surface area (Å²) in [5.41, 5.74) is 1.70. The minimum atomic E-state index is -0.131. The van der Waals surface area contributed by atoms with Gasteiger partial charge in [0, 0.05) is 27.5 Å². The normalized spacial score (nSPS) is 13.3. The van der Waals surface area contributed by atoms with Gasteiger partial charge >= 0.3 is 0 Å². The van der Waals surface area contributed by atoms with Crippen molar-refractivity contribution < 1.29 is 9.47 Å². The first kappa shape index (κ1) is 26.2. The van der Waals surface area contributed by atoms with Gasteiger partial charge in [-0.05, 0) is 101 Å². The molecule has 0 amide bonds. The van der Waals surface area contributed by atoms with E-state index >= 15 is 0 Å². The van der Waals surface area contributed by atoms with Crippen LogP contribution < -0.4 is 19.3 Å². The van der Waals surface area contributed by atoms with E-state index in [9.17, 15) is 0 Å². The number of methoxy groups -OCH3 is 2. The van der Waals surface area contributed by atoms with Crippen LogP contribution in [0.4, 0.5) is 11.4 Å². The van der Waals surface area contributed by atoms with Crippen molar-refractivity contribution in [3.8, 4) is 11.5 Å². The van der Waals surface area contributed by atoms with E-state index in [1.54, 1.807) is 14.2 Å². The van der Waals surface area contributed by atoms with E-state index in [2.05, 4.69) is 117 Å². The smallest absolute Gasteiger partial charge is 0.142 e. The molecular weight excluding hydrogens is 396 g/mol. The lowest BCUT2D eigenvalue weighted by Crippen LogP contribution is -2.54. The third kappa shape index (κ3) is 4.94. The van der Waals surface area contributed by atoms with Crippen LogP contribution in [0.3, 0.4) is 0 Å². The molecule has 0 aliphatic heterocycles. The number of rotatable bonds is 4. The van der Waals surface area contributed by atoms with Crippen LogP contribution in [0.2, 0.25) is 0 Å². The number of nitrogens with zero attached hydrogens (tertiary/aromatic N) is 2. The highest BCUT2D eigenvalue weighted by molar-refractivity contribution is 6.09. The number of hydrogen-bond donors (Lipinski definition) is 0. The molecule has 0 aliphatic carbocycles. The summed E-state index contributed by atoms with van der Waals surface area (Å²) in [6.45, 7) is 27.2. The molecule has 0 saturated carbocycles. The summed E-state index contributed by atoms with van der Waals surface area (Å²) in [6.07, 6.45) is 0. The molecule has 0 aliphatic rings. The average molecular weight is 443 g/mol. The average Bonchev–Trinajstić information content (AvgIpc) is 2.57. The number of fused-ring (bicyclic) bond motifs is 1. The Kier molecular flexibility index (Phi) is 6.83. The van der Waals surface area contributed by atoms with Gasteiger partial charge in [0.1, 0.15) is 11.5 Å². The minimum Gasteiger partial charge on any atom is -0.495 e. The molecule has 32 heavy (non-hydrogen) atoms. The van der Waals surface area contributed by atoms with Crippen LogP contribution in [0.5, 0.6) is 11.5 Å². The molecule has 0 heterocycles. The maximum atomic E-state index is 6.00. The number of benzene rings is 2. The summed E-state index contributed by atoms with van der Waals surface area (Å²) in [4.78, 5) is 4.99. The first-order valence-electron chi connectivity index (χ1n) is 11.6. The zero-order valence-electron chi connectivity index (χ0n) is 23.0. The zero-order chi connectivity index (χ0) is 24.9. The van der Waals surface area contributed by atoms with Gasteiger partial charge in [0.2, 0.25) is 0 Å². The van der Waals surface area contributed by atoms with Gasteiger partial charge in [-0.3, -0.25) is 0 Å². The van der Waals surface area contributed by atoms with Gasteiger partial charge in [-0.2, -0.15) is 0 Å². The Morgan fingerprint density at radius 1 is 0.500 bits per heavy atom. The van der Waals surface area contributed by atoms with Gasteiger partial charge in [-0.15, -0.1) is 0 Å². The predicted octanol–water partition coefficient (Wildman–Crippen LogP) is 7.66. The summed E-state index contributed by atoms with van der Waals surface area (Å²) < 4.78 is 12.0. The highest BCUT2D eigenvalue weighted by Crippen LogP contribution is 2.51. The Morgan fingerprint density at radius 3 is 1.00 bits per heavy atom. The zero-order valence-corrected chi connectivity index (χ0v) is 23.0. The van der Waals surface area contributed by atoms with Crippen molar-refractivity contribution in [1.29, 1.82) is 0 Å². The summed E-state index contributed by atoms with van der Waals surface area (Å²) >= 11 is 0. The summed E-state index contributed by atoms with van der Waals surface area (Å²) in [5.74, 6) is 1.75. The molecule has 180 valence electrons. The Morgan fingerprint density at radius 2 is 0.781 bits per heavy atom. The lowest BCUT2D eigenvalue weighted by molar-refractivity contribution is 0.361. The molecule has 0 unspecified atom stereocenters. The molecule has 4 heteroatoms. The second-order valence-electron chi connectivity index (χ2n) is 12.7. The number of ether oxygens (including phenoxy) is 2. The van der Waals surface area contributed by atoms with Crippen LogP contribution >= 0.6 is 0 Å². The molecule has 2 aromatic carbocycles. The van der Waals surface area contributed by atoms with Crippen molar-refractivity contribution >= 4 is 22.1 Å². The molecule has 0 spiro atoms. The monoisotopic (exact) mass is 442 g/mol. The van der Waals surface area contributed by atoms with E-state index in [0.717, 1.165) is 22.9 Å². The van der Waals surface area contributed by atoms with Crippen molar-refractivity contribution in [3.63, 3.8) is 0 Å². The molecule has 0 atom stereocenters. The standard InChI is InChI=1S/C28H46N2O2/c1-25(2,3)29(26(4,5)6)23-20(31-13)17-15-19-16-18-21(32-14)24(22(19)23)30(27(7,8)9)28(10,11)12/h15-18H,1-14H3. The SMILES string of the molecule is COc1ccc2ccc(OC)c(N(C(C)(C)C)C(C)(C)C)c2c1N(C(C)(C)C)C(C)(C)C. The Hall–Kier alpha value is -2.10. The van der Waals surface area contributed by atoms with E-state index in [1.165, 1.54) is 10.8 Å². The van der Waals surface area contributed by atoms with Gasteiger partial charge < -0.3 is 19.3 Å². The van der Waals surface area contributed by atoms with Crippen molar-refractivity contribution in [2.75, 3.05) is 24.0 Å². The van der Waals surface area contributed by atoms with E-state index in [4.69, 9.17) is 9.47 Å². The summed E-state index contributed by atoms with van der Waals surface area (Å²) in [7, 11) is 3.53. The van der Waals surface area contributed by atoms with E-state index < -0.39 is 0 Å². The molecule has 0 aromatic heterocycles. The summed E-state index contributed by atoms with van der Waals surface area (Å²) in [6, 6.07) is 8.51. The minimum absolute atomic E-state index is 0.131. The van der Waals surface area contributed by atoms with Crippen LogP contribution in [0.25, 0.3) is 10.8 Å². The lowest BCUT2D eigenvalue weighted by atomic mass is 9.89. The highest BCUT2D eigenvalue weighted by Gasteiger charge is 2.39. The predicted molar refractivity (Wildman–Crippen MR) is 141 cm³/mol. The topological polar surface area (TPSA) is 24.9 Å². The second-order valence-corrected chi connectivity index (χ2v) is 12.7. The van der Waals surface area contributed by atoms with Crippen molar-refractivity contribution in [1.82, 2.24) is 0 Å². The fourth-order valence-electron chi connectivity index (χ4n) is 5.47. The molecule has 0 bridgehead atoms. The van der Waals surface area contributed by atoms with Gasteiger partial charge in [0.15, 0.2) is 0 Å². The van der Waals surface area contributed by atoms with Crippen LogP contribution in [-0.4, -0.2) is 36.4 Å². The van der Waals surface area contributed by atoms with Crippen molar-refractivity contribution in [2.45, 2.75) is 105 Å². The van der Waals surface area contributed by atoms with Crippen molar-refractivity contribution in [2.24, 2.45) is 0 Å². The molecule has 0 N–H and O–H groups in total. The maximum Gasteiger partial charge on any atom is 0.142 e. The molecule has 0 saturated heterocycles. The molecule has 0 fully saturated rings. The molecule has 0 radical (unpaired) electrons. The third-order valence-electron chi connectivity index (χ3n) is 5.63. The molecule has 4 nitrogen and oxygen atoms in total. The third-order valence-corrected chi connectivity index (χ3v) is 5.63. The fraction of sp³-hybridized carbons (Fsp3) is 0.643. The first-order valence-corrected chi connectivity index (χ1v) is 11.6. The molecule has 2 rings (SSSR count). The first-order chi connectivity index (χ1) is 14.4. The van der Waals surface area contributed by atoms with Crippen LogP contribution in [0.15, 0.2) is 24.3 Å². The van der Waals surface area contributed by atoms with Crippen LogP contribution in [-0.2, 0) is 0 Å². The fourth-order valence-corrected chi connectivity index (χ4v) is 5.47. The second kappa shape index (κ2) is 8.35. The van der Waals surface area contributed by atoms with Gasteiger partial charge in [0.25, 0.3) is 0 Å². The highest BCUT2D eigenvalue weighted by atomic mass is 16.5. The number of hydrogen-bond acceptors (Lipinski definition) is 4. The van der Waals surface area contributed by atoms with E-state index in [1.807, 2.05) is 0 Å².